The second-order valence-electron chi connectivity index (χ2n) is 13.4. The Hall–Kier alpha value is -3.33. The third-order valence-electron chi connectivity index (χ3n) is 9.60. The minimum Gasteiger partial charge on any atom is -0.393 e. The number of aliphatic imine (C=N–C) groups is 2. The molecule has 0 spiro atoms. The summed E-state index contributed by atoms with van der Waals surface area (Å²) in [6.45, 7) is 1.52. The average molecular weight is 782 g/mol. The molecular weight excluding hydrogens is 743 g/mol. The first-order valence-electron chi connectivity index (χ1n) is 17.2. The molecule has 10 nitrogen and oxygen atoms in total. The molecule has 0 bridgehead atoms. The number of nitrogens with one attached hydrogen (secondary N) is 4. The monoisotopic (exact) mass is 780 g/mol. The van der Waals surface area contributed by atoms with Gasteiger partial charge in [-0.2, -0.15) is 0 Å². The van der Waals surface area contributed by atoms with Crippen molar-refractivity contribution in [3.63, 3.8) is 0 Å². The van der Waals surface area contributed by atoms with Gasteiger partial charge >= 0.3 is 11.9 Å². The number of esters is 2. The number of aromatic nitrogens is 2. The second-order valence-corrected chi connectivity index (χ2v) is 16.3. The number of anilines is 2. The summed E-state index contributed by atoms with van der Waals surface area (Å²) in [5, 5.41) is 10.6. The number of halogens is 2. The Morgan fingerprint density at radius 2 is 1.34 bits per heavy atom. The molecule has 1 saturated heterocycles. The van der Waals surface area contributed by atoms with Gasteiger partial charge in [0, 0.05) is 52.0 Å². The molecule has 0 radical (unpaired) electrons. The van der Waals surface area contributed by atoms with Crippen molar-refractivity contribution in [1.29, 1.82) is 0 Å². The van der Waals surface area contributed by atoms with E-state index in [-0.39, 0.29) is 30.7 Å². The Morgan fingerprint density at radius 1 is 0.800 bits per heavy atom. The Bertz CT molecular complexity index is 2000. The summed E-state index contributed by atoms with van der Waals surface area (Å²) < 4.78 is 26.2. The van der Waals surface area contributed by atoms with Gasteiger partial charge in [-0.25, -0.2) is 4.39 Å². The number of aromatic amines is 2. The molecule has 1 aliphatic carbocycles. The summed E-state index contributed by atoms with van der Waals surface area (Å²) in [6, 6.07) is 11.3. The zero-order valence-corrected chi connectivity index (χ0v) is 30.6. The zero-order valence-electron chi connectivity index (χ0n) is 27.4. The SMILES string of the molecule is O=C(CC1CSC(c2cc3cc(F)cc(NC4CCCC4)c3[nH]2)=N1)OC(=O)CC1CSC(c2cc3cc(Br)cc(NC4CCOCC4)c3[nH]2)=N1. The van der Waals surface area contributed by atoms with Crippen molar-refractivity contribution in [2.45, 2.75) is 75.5 Å². The van der Waals surface area contributed by atoms with Crippen LogP contribution < -0.4 is 10.6 Å². The van der Waals surface area contributed by atoms with E-state index in [1.165, 1.54) is 30.7 Å². The molecule has 2 aromatic carbocycles. The van der Waals surface area contributed by atoms with Gasteiger partial charge in [-0.05, 0) is 62.1 Å². The van der Waals surface area contributed by atoms with Crippen LogP contribution in [0.1, 0.15) is 62.8 Å². The fourth-order valence-electron chi connectivity index (χ4n) is 7.15. The van der Waals surface area contributed by atoms with Gasteiger partial charge in [0.25, 0.3) is 0 Å². The fraction of sp³-hybridized carbons (Fsp3) is 0.444. The van der Waals surface area contributed by atoms with E-state index in [0.717, 1.165) is 98.0 Å². The van der Waals surface area contributed by atoms with E-state index >= 15 is 0 Å². The lowest BCUT2D eigenvalue weighted by Gasteiger charge is -2.24. The van der Waals surface area contributed by atoms with Crippen LogP contribution in [0.25, 0.3) is 21.8 Å². The summed E-state index contributed by atoms with van der Waals surface area (Å²) in [6.07, 6.45) is 6.51. The summed E-state index contributed by atoms with van der Waals surface area (Å²) in [4.78, 5) is 42.0. The molecule has 3 aliphatic heterocycles. The maximum absolute atomic E-state index is 14.4. The van der Waals surface area contributed by atoms with Gasteiger partial charge in [0.1, 0.15) is 15.9 Å². The van der Waals surface area contributed by atoms with Gasteiger partial charge in [-0.1, -0.05) is 28.8 Å². The van der Waals surface area contributed by atoms with Gasteiger partial charge < -0.3 is 30.1 Å². The van der Waals surface area contributed by atoms with Crippen LogP contribution in [0.4, 0.5) is 15.8 Å². The Labute approximate surface area is 305 Å². The zero-order chi connectivity index (χ0) is 34.2. The molecule has 2 atom stereocenters. The molecule has 5 heterocycles. The van der Waals surface area contributed by atoms with Gasteiger partial charge in [-0.3, -0.25) is 19.6 Å². The van der Waals surface area contributed by atoms with E-state index in [0.29, 0.717) is 23.6 Å². The second kappa shape index (κ2) is 14.7. The highest BCUT2D eigenvalue weighted by molar-refractivity contribution is 9.10. The standard InChI is InChI=1S/C36H38BrFN6O4S2/c37-21-9-19-11-29(43-33(19)27(13-21)40-24-5-7-47-8-6-24)35-41-25(17-49-35)15-31(45)48-32(46)16-26-18-50-36(42-26)30-12-20-10-22(38)14-28(34(20)44-30)39-23-3-1-2-4-23/h9-14,23-26,39-40,43-44H,1-8,15-18H2. The summed E-state index contributed by atoms with van der Waals surface area (Å²) >= 11 is 6.77. The van der Waals surface area contributed by atoms with Crippen LogP contribution in [0.15, 0.2) is 50.9 Å². The number of carbonyl (C=O) groups excluding carboxylic acids is 2. The quantitative estimate of drug-likeness (QED) is 0.0949. The predicted molar refractivity (Wildman–Crippen MR) is 203 cm³/mol. The molecule has 1 saturated carbocycles. The molecule has 4 aromatic rings. The minimum atomic E-state index is -0.590. The molecule has 4 aliphatic rings. The van der Waals surface area contributed by atoms with Crippen molar-refractivity contribution >= 4 is 94.7 Å². The van der Waals surface area contributed by atoms with Crippen LogP contribution >= 0.6 is 39.5 Å². The highest BCUT2D eigenvalue weighted by Crippen LogP contribution is 2.35. The van der Waals surface area contributed by atoms with Crippen LogP contribution in [-0.4, -0.2) is 80.9 Å². The van der Waals surface area contributed by atoms with Crippen molar-refractivity contribution in [2.75, 3.05) is 35.4 Å². The average Bonchev–Trinajstić information content (AvgIpc) is 3.92. The number of benzene rings is 2. The number of fused-ring (bicyclic) bond motifs is 2. The lowest BCUT2D eigenvalue weighted by atomic mass is 10.1. The summed E-state index contributed by atoms with van der Waals surface area (Å²) in [7, 11) is 0. The molecule has 8 rings (SSSR count). The third kappa shape index (κ3) is 7.63. The fourth-order valence-corrected chi connectivity index (χ4v) is 9.69. The van der Waals surface area contributed by atoms with E-state index in [9.17, 15) is 14.0 Å². The smallest absolute Gasteiger partial charge is 0.315 e. The van der Waals surface area contributed by atoms with Crippen LogP contribution in [0.5, 0.6) is 0 Å². The Kier molecular flexibility index (Phi) is 9.95. The van der Waals surface area contributed by atoms with E-state index < -0.39 is 11.9 Å². The molecule has 14 heteroatoms. The minimum absolute atomic E-state index is 0.00832. The van der Waals surface area contributed by atoms with Crippen molar-refractivity contribution < 1.29 is 23.5 Å². The van der Waals surface area contributed by atoms with Crippen LogP contribution in [0.3, 0.4) is 0 Å². The number of H-pyrrole nitrogens is 2. The van der Waals surface area contributed by atoms with Gasteiger partial charge in [0.05, 0.1) is 58.7 Å². The summed E-state index contributed by atoms with van der Waals surface area (Å²) in [5.41, 5.74) is 5.36. The van der Waals surface area contributed by atoms with E-state index in [4.69, 9.17) is 19.5 Å². The number of hydrogen-bond acceptors (Lipinski definition) is 10. The molecule has 0 amide bonds. The number of carbonyl (C=O) groups is 2. The van der Waals surface area contributed by atoms with Crippen molar-refractivity contribution in [3.05, 3.63) is 58.1 Å². The summed E-state index contributed by atoms with van der Waals surface area (Å²) in [5.74, 6) is -0.233. The normalized spacial score (nSPS) is 21.6. The van der Waals surface area contributed by atoms with Crippen LogP contribution in [0, 0.1) is 5.82 Å². The largest absolute Gasteiger partial charge is 0.393 e. The van der Waals surface area contributed by atoms with Gasteiger partial charge in [-0.15, -0.1) is 23.5 Å². The highest BCUT2D eigenvalue weighted by atomic mass is 79.9. The molecular formula is C36H38BrFN6O4S2. The first kappa shape index (κ1) is 33.8. The van der Waals surface area contributed by atoms with Gasteiger partial charge in [0.2, 0.25) is 0 Å². The lowest BCUT2D eigenvalue weighted by Crippen LogP contribution is -2.27. The van der Waals surface area contributed by atoms with Crippen LogP contribution in [0.2, 0.25) is 0 Å². The Morgan fingerprint density at radius 3 is 1.94 bits per heavy atom. The molecule has 262 valence electrons. The Balaban J connectivity index is 0.866. The maximum atomic E-state index is 14.4. The number of thioether (sulfide) groups is 2. The van der Waals surface area contributed by atoms with Crippen molar-refractivity contribution in [1.82, 2.24) is 9.97 Å². The van der Waals surface area contributed by atoms with Crippen LogP contribution in [-0.2, 0) is 19.1 Å². The van der Waals surface area contributed by atoms with E-state index in [1.807, 2.05) is 6.07 Å². The van der Waals surface area contributed by atoms with E-state index in [2.05, 4.69) is 54.7 Å². The van der Waals surface area contributed by atoms with Crippen molar-refractivity contribution in [2.24, 2.45) is 9.98 Å². The molecule has 50 heavy (non-hydrogen) atoms. The topological polar surface area (TPSA) is 133 Å². The highest BCUT2D eigenvalue weighted by Gasteiger charge is 2.28. The molecule has 4 N–H and O–H groups in total. The third-order valence-corrected chi connectivity index (χ3v) is 12.4. The molecule has 2 fully saturated rings. The maximum Gasteiger partial charge on any atom is 0.315 e. The number of ether oxygens (including phenoxy) is 2. The first-order chi connectivity index (χ1) is 24.3. The lowest BCUT2D eigenvalue weighted by molar-refractivity contribution is -0.159. The number of nitrogens with zero attached hydrogens (tertiary/aromatic N) is 2. The van der Waals surface area contributed by atoms with Gasteiger partial charge in [0.15, 0.2) is 0 Å². The predicted octanol–water partition coefficient (Wildman–Crippen LogP) is 7.77. The molecule has 2 aromatic heterocycles. The number of rotatable bonds is 10. The number of hydrogen-bond donors (Lipinski definition) is 4. The first-order valence-corrected chi connectivity index (χ1v) is 20.0. The van der Waals surface area contributed by atoms with Crippen molar-refractivity contribution in [3.8, 4) is 0 Å². The van der Waals surface area contributed by atoms with E-state index in [1.54, 1.807) is 17.8 Å². The molecule has 2 unspecified atom stereocenters.